The molecule has 118 valence electrons. The number of carbonyl (C=O) groups is 1. The van der Waals surface area contributed by atoms with E-state index in [9.17, 15) is 9.90 Å². The molecule has 2 N–H and O–H groups in total. The molecule has 2 unspecified atom stereocenters. The zero-order valence-electron chi connectivity index (χ0n) is 12.7. The number of carbonyl (C=O) groups excluding carboxylic acids is 1. The smallest absolute Gasteiger partial charge is 0.226 e. The fraction of sp³-hybridized carbons (Fsp3) is 0.800. The molecule has 1 heterocycles. The molecule has 2 rings (SSSR count). The van der Waals surface area contributed by atoms with Gasteiger partial charge in [0.25, 0.3) is 0 Å². The summed E-state index contributed by atoms with van der Waals surface area (Å²) in [7, 11) is 0. The van der Waals surface area contributed by atoms with Crippen molar-refractivity contribution in [2.75, 3.05) is 6.54 Å². The molecule has 1 saturated carbocycles. The third-order valence-electron chi connectivity index (χ3n) is 3.96. The maximum Gasteiger partial charge on any atom is 0.226 e. The van der Waals surface area contributed by atoms with Crippen LogP contribution < -0.4 is 5.32 Å². The van der Waals surface area contributed by atoms with Crippen LogP contribution in [0.3, 0.4) is 0 Å². The topological polar surface area (TPSA) is 88.2 Å². The average Bonchev–Trinajstić information content (AvgIpc) is 3.06. The van der Waals surface area contributed by atoms with E-state index in [2.05, 4.69) is 22.4 Å². The van der Waals surface area contributed by atoms with Crippen LogP contribution in [0.25, 0.3) is 0 Å². The van der Waals surface area contributed by atoms with Gasteiger partial charge < -0.3 is 14.9 Å². The highest BCUT2D eigenvalue weighted by Gasteiger charge is 2.25. The molecule has 1 aliphatic rings. The summed E-state index contributed by atoms with van der Waals surface area (Å²) >= 11 is 0. The predicted molar refractivity (Wildman–Crippen MR) is 77.6 cm³/mol. The SMILES string of the molecule is CCCc1noc(CCCC(=O)NCC2CCCC2O)n1. The van der Waals surface area contributed by atoms with Crippen molar-refractivity contribution in [2.24, 2.45) is 5.92 Å². The molecule has 2 atom stereocenters. The van der Waals surface area contributed by atoms with Crippen LogP contribution in [-0.4, -0.2) is 33.8 Å². The van der Waals surface area contributed by atoms with Crippen molar-refractivity contribution in [3.63, 3.8) is 0 Å². The van der Waals surface area contributed by atoms with Gasteiger partial charge in [0.1, 0.15) is 0 Å². The van der Waals surface area contributed by atoms with Gasteiger partial charge in [0.2, 0.25) is 11.8 Å². The first-order chi connectivity index (χ1) is 10.2. The number of hydrogen-bond acceptors (Lipinski definition) is 5. The summed E-state index contributed by atoms with van der Waals surface area (Å²) in [6.45, 7) is 2.66. The molecule has 0 radical (unpaired) electrons. The molecule has 0 bridgehead atoms. The van der Waals surface area contributed by atoms with Gasteiger partial charge in [-0.1, -0.05) is 18.5 Å². The van der Waals surface area contributed by atoms with E-state index in [0.717, 1.165) is 37.9 Å². The van der Waals surface area contributed by atoms with Crippen molar-refractivity contribution in [3.8, 4) is 0 Å². The summed E-state index contributed by atoms with van der Waals surface area (Å²) in [5.74, 6) is 1.61. The van der Waals surface area contributed by atoms with Crippen molar-refractivity contribution >= 4 is 5.91 Å². The number of nitrogens with zero attached hydrogens (tertiary/aromatic N) is 2. The van der Waals surface area contributed by atoms with Gasteiger partial charge in [-0.05, 0) is 25.7 Å². The fourth-order valence-corrected chi connectivity index (χ4v) is 2.71. The van der Waals surface area contributed by atoms with E-state index in [1.807, 2.05) is 0 Å². The molecule has 0 spiro atoms. The van der Waals surface area contributed by atoms with E-state index >= 15 is 0 Å². The van der Waals surface area contributed by atoms with Crippen LogP contribution >= 0.6 is 0 Å². The lowest BCUT2D eigenvalue weighted by Gasteiger charge is -2.14. The van der Waals surface area contributed by atoms with Gasteiger partial charge in [-0.2, -0.15) is 4.98 Å². The molecule has 1 fully saturated rings. The molecule has 1 amide bonds. The standard InChI is InChI=1S/C15H25N3O3/c1-2-5-13-17-15(21-18-13)9-4-8-14(20)16-10-11-6-3-7-12(11)19/h11-12,19H,2-10H2,1H3,(H,16,20). The van der Waals surface area contributed by atoms with Gasteiger partial charge in [0.05, 0.1) is 6.10 Å². The molecule has 6 heteroatoms. The molecule has 21 heavy (non-hydrogen) atoms. The summed E-state index contributed by atoms with van der Waals surface area (Å²) in [4.78, 5) is 16.0. The van der Waals surface area contributed by atoms with Crippen LogP contribution in [0.2, 0.25) is 0 Å². The monoisotopic (exact) mass is 295 g/mol. The quantitative estimate of drug-likeness (QED) is 0.761. The Morgan fingerprint density at radius 3 is 3.00 bits per heavy atom. The van der Waals surface area contributed by atoms with Crippen molar-refractivity contribution in [1.29, 1.82) is 0 Å². The first-order valence-electron chi connectivity index (χ1n) is 7.95. The Balaban J connectivity index is 1.60. The highest BCUT2D eigenvalue weighted by Crippen LogP contribution is 2.24. The molecule has 1 aromatic heterocycles. The lowest BCUT2D eigenvalue weighted by atomic mass is 10.1. The molecule has 6 nitrogen and oxygen atoms in total. The second-order valence-electron chi connectivity index (χ2n) is 5.77. The third-order valence-corrected chi connectivity index (χ3v) is 3.96. The van der Waals surface area contributed by atoms with Gasteiger partial charge in [-0.15, -0.1) is 0 Å². The maximum atomic E-state index is 11.7. The predicted octanol–water partition coefficient (Wildman–Crippen LogP) is 1.62. The Labute approximate surface area is 125 Å². The van der Waals surface area contributed by atoms with Crippen LogP contribution in [0.15, 0.2) is 4.52 Å². The zero-order valence-corrected chi connectivity index (χ0v) is 12.7. The average molecular weight is 295 g/mol. The Bertz CT molecular complexity index is 447. The first kappa shape index (κ1) is 15.9. The minimum absolute atomic E-state index is 0.0300. The number of aliphatic hydroxyl groups excluding tert-OH is 1. The number of aliphatic hydroxyl groups is 1. The van der Waals surface area contributed by atoms with Crippen molar-refractivity contribution < 1.29 is 14.4 Å². The van der Waals surface area contributed by atoms with Crippen molar-refractivity contribution in [1.82, 2.24) is 15.5 Å². The summed E-state index contributed by atoms with van der Waals surface area (Å²) in [5.41, 5.74) is 0. The van der Waals surface area contributed by atoms with E-state index < -0.39 is 0 Å². The third kappa shape index (κ3) is 5.12. The van der Waals surface area contributed by atoms with Crippen LogP contribution in [0, 0.1) is 5.92 Å². The number of nitrogens with one attached hydrogen (secondary N) is 1. The number of aryl methyl sites for hydroxylation is 2. The lowest BCUT2D eigenvalue weighted by molar-refractivity contribution is -0.121. The van der Waals surface area contributed by atoms with E-state index in [1.54, 1.807) is 0 Å². The van der Waals surface area contributed by atoms with Crippen molar-refractivity contribution in [2.45, 2.75) is 64.4 Å². The second-order valence-corrected chi connectivity index (χ2v) is 5.77. The summed E-state index contributed by atoms with van der Waals surface area (Å²) in [5, 5.41) is 16.5. The van der Waals surface area contributed by atoms with Crippen LogP contribution in [-0.2, 0) is 17.6 Å². The van der Waals surface area contributed by atoms with E-state index in [-0.39, 0.29) is 17.9 Å². The molecule has 1 aromatic rings. The normalized spacial score (nSPS) is 21.6. The summed E-state index contributed by atoms with van der Waals surface area (Å²) < 4.78 is 5.13. The van der Waals surface area contributed by atoms with Crippen molar-refractivity contribution in [3.05, 3.63) is 11.7 Å². The Morgan fingerprint density at radius 1 is 1.43 bits per heavy atom. The Kier molecular flexibility index (Phi) is 6.17. The molecule has 0 aromatic carbocycles. The second kappa shape index (κ2) is 8.12. The van der Waals surface area contributed by atoms with Crippen LogP contribution in [0.1, 0.15) is 57.2 Å². The fourth-order valence-electron chi connectivity index (χ4n) is 2.71. The van der Waals surface area contributed by atoms with Crippen LogP contribution in [0.5, 0.6) is 0 Å². The lowest BCUT2D eigenvalue weighted by Crippen LogP contribution is -2.32. The summed E-state index contributed by atoms with van der Waals surface area (Å²) in [6.07, 6.45) is 6.28. The Morgan fingerprint density at radius 2 is 2.29 bits per heavy atom. The maximum absolute atomic E-state index is 11.7. The molecular weight excluding hydrogens is 270 g/mol. The largest absolute Gasteiger partial charge is 0.393 e. The van der Waals surface area contributed by atoms with Gasteiger partial charge in [-0.25, -0.2) is 0 Å². The van der Waals surface area contributed by atoms with E-state index in [4.69, 9.17) is 4.52 Å². The number of amides is 1. The van der Waals surface area contributed by atoms with Gasteiger partial charge in [0.15, 0.2) is 5.82 Å². The molecule has 0 aliphatic heterocycles. The first-order valence-corrected chi connectivity index (χ1v) is 7.95. The molecular formula is C15H25N3O3. The number of aromatic nitrogens is 2. The molecule has 0 saturated heterocycles. The highest BCUT2D eigenvalue weighted by molar-refractivity contribution is 5.75. The van der Waals surface area contributed by atoms with Crippen LogP contribution in [0.4, 0.5) is 0 Å². The van der Waals surface area contributed by atoms with Gasteiger partial charge >= 0.3 is 0 Å². The number of hydrogen-bond donors (Lipinski definition) is 2. The molecule has 1 aliphatic carbocycles. The zero-order chi connectivity index (χ0) is 15.1. The van der Waals surface area contributed by atoms with Gasteiger partial charge in [-0.3, -0.25) is 4.79 Å². The van der Waals surface area contributed by atoms with E-state index in [1.165, 1.54) is 0 Å². The minimum Gasteiger partial charge on any atom is -0.393 e. The highest BCUT2D eigenvalue weighted by atomic mass is 16.5. The summed E-state index contributed by atoms with van der Waals surface area (Å²) in [6, 6.07) is 0. The van der Waals surface area contributed by atoms with Gasteiger partial charge in [0, 0.05) is 31.7 Å². The Hall–Kier alpha value is -1.43. The van der Waals surface area contributed by atoms with E-state index in [0.29, 0.717) is 31.7 Å². The minimum atomic E-state index is -0.249. The number of rotatable bonds is 8.